The minimum atomic E-state index is -0.471. The van der Waals surface area contributed by atoms with E-state index in [4.69, 9.17) is 5.26 Å². The molecular weight excluding hydrogens is 258 g/mol. The van der Waals surface area contributed by atoms with E-state index in [9.17, 15) is 9.59 Å². The second kappa shape index (κ2) is 7.14. The number of rotatable bonds is 5. The molecule has 106 valence electrons. The van der Waals surface area contributed by atoms with Crippen molar-refractivity contribution >= 4 is 18.0 Å². The van der Waals surface area contributed by atoms with Gasteiger partial charge in [-0.25, -0.2) is 4.79 Å². The molecular formula is C14H17N3O3. The molecule has 0 saturated carbocycles. The molecule has 0 aliphatic carbocycles. The lowest BCUT2D eigenvalue weighted by molar-refractivity contribution is -0.117. The quantitative estimate of drug-likeness (QED) is 0.498. The lowest BCUT2D eigenvalue weighted by Gasteiger charge is -2.04. The summed E-state index contributed by atoms with van der Waals surface area (Å²) in [6.45, 7) is 2.44. The number of nitriles is 1. The van der Waals surface area contributed by atoms with E-state index in [0.717, 1.165) is 6.42 Å². The molecule has 0 aliphatic rings. The standard InChI is InChI=1S/C14H17N3O3/c1-4-7-16-13(18)10(9-15)8-11-5-6-12(17(11)2)14(19)20-3/h5-6,8H,4,7H2,1-3H3,(H,16,18). The smallest absolute Gasteiger partial charge is 0.354 e. The van der Waals surface area contributed by atoms with Crippen LogP contribution in [0.25, 0.3) is 6.08 Å². The van der Waals surface area contributed by atoms with Crippen molar-refractivity contribution in [3.05, 3.63) is 29.1 Å². The Hall–Kier alpha value is -2.55. The van der Waals surface area contributed by atoms with E-state index in [1.807, 2.05) is 13.0 Å². The molecule has 1 amide bonds. The molecule has 0 atom stereocenters. The van der Waals surface area contributed by atoms with Gasteiger partial charge in [0.1, 0.15) is 17.3 Å². The van der Waals surface area contributed by atoms with Crippen LogP contribution in [0.5, 0.6) is 0 Å². The highest BCUT2D eigenvalue weighted by Gasteiger charge is 2.14. The van der Waals surface area contributed by atoms with Gasteiger partial charge in [-0.3, -0.25) is 4.79 Å². The van der Waals surface area contributed by atoms with Crippen molar-refractivity contribution in [2.75, 3.05) is 13.7 Å². The van der Waals surface area contributed by atoms with Crippen LogP contribution in [0.15, 0.2) is 17.7 Å². The average Bonchev–Trinajstić information content (AvgIpc) is 2.82. The van der Waals surface area contributed by atoms with Crippen LogP contribution in [0.4, 0.5) is 0 Å². The van der Waals surface area contributed by atoms with Crippen molar-refractivity contribution in [1.82, 2.24) is 9.88 Å². The summed E-state index contributed by atoms with van der Waals surface area (Å²) in [7, 11) is 2.96. The Kier molecular flexibility index (Phi) is 5.54. The first-order chi connectivity index (χ1) is 9.54. The minimum Gasteiger partial charge on any atom is -0.464 e. The van der Waals surface area contributed by atoms with Crippen LogP contribution < -0.4 is 5.32 Å². The maximum Gasteiger partial charge on any atom is 0.354 e. The number of aromatic nitrogens is 1. The summed E-state index contributed by atoms with van der Waals surface area (Å²) in [5.74, 6) is -0.892. The van der Waals surface area contributed by atoms with Crippen molar-refractivity contribution in [3.8, 4) is 6.07 Å². The van der Waals surface area contributed by atoms with E-state index in [2.05, 4.69) is 10.1 Å². The van der Waals surface area contributed by atoms with Crippen LogP contribution in [0.3, 0.4) is 0 Å². The fourth-order valence-corrected chi connectivity index (χ4v) is 1.61. The zero-order valence-electron chi connectivity index (χ0n) is 11.8. The van der Waals surface area contributed by atoms with Crippen LogP contribution in [-0.4, -0.2) is 30.1 Å². The van der Waals surface area contributed by atoms with Crippen LogP contribution in [0.2, 0.25) is 0 Å². The molecule has 0 aliphatic heterocycles. The summed E-state index contributed by atoms with van der Waals surface area (Å²) >= 11 is 0. The van der Waals surface area contributed by atoms with Gasteiger partial charge in [-0.1, -0.05) is 6.92 Å². The Morgan fingerprint density at radius 1 is 1.50 bits per heavy atom. The van der Waals surface area contributed by atoms with Gasteiger partial charge >= 0.3 is 5.97 Å². The molecule has 0 aromatic carbocycles. The molecule has 0 bridgehead atoms. The number of methoxy groups -OCH3 is 1. The number of esters is 1. The normalized spacial score (nSPS) is 10.8. The first kappa shape index (κ1) is 15.5. The number of amides is 1. The summed E-state index contributed by atoms with van der Waals surface area (Å²) in [6, 6.07) is 5.09. The molecule has 0 unspecified atom stereocenters. The number of ether oxygens (including phenoxy) is 1. The summed E-state index contributed by atoms with van der Waals surface area (Å²) in [4.78, 5) is 23.2. The molecule has 1 heterocycles. The van der Waals surface area contributed by atoms with Gasteiger partial charge < -0.3 is 14.6 Å². The second-order valence-corrected chi connectivity index (χ2v) is 4.12. The summed E-state index contributed by atoms with van der Waals surface area (Å²) in [5.41, 5.74) is 0.926. The predicted molar refractivity (Wildman–Crippen MR) is 73.6 cm³/mol. The van der Waals surface area contributed by atoms with E-state index >= 15 is 0 Å². The second-order valence-electron chi connectivity index (χ2n) is 4.12. The monoisotopic (exact) mass is 275 g/mol. The van der Waals surface area contributed by atoms with Crippen LogP contribution in [0.1, 0.15) is 29.5 Å². The van der Waals surface area contributed by atoms with E-state index in [0.29, 0.717) is 17.9 Å². The van der Waals surface area contributed by atoms with Crippen molar-refractivity contribution in [2.45, 2.75) is 13.3 Å². The molecule has 6 nitrogen and oxygen atoms in total. The fourth-order valence-electron chi connectivity index (χ4n) is 1.61. The number of hydrogen-bond acceptors (Lipinski definition) is 4. The third-order valence-electron chi connectivity index (χ3n) is 2.75. The van der Waals surface area contributed by atoms with Gasteiger partial charge in [-0.15, -0.1) is 0 Å². The van der Waals surface area contributed by atoms with Crippen molar-refractivity contribution in [3.63, 3.8) is 0 Å². The number of carbonyl (C=O) groups excluding carboxylic acids is 2. The molecule has 0 spiro atoms. The fraction of sp³-hybridized carbons (Fsp3) is 0.357. The zero-order chi connectivity index (χ0) is 15.1. The summed E-state index contributed by atoms with van der Waals surface area (Å²) in [5, 5.41) is 11.7. The van der Waals surface area contributed by atoms with Crippen molar-refractivity contribution in [1.29, 1.82) is 5.26 Å². The van der Waals surface area contributed by atoms with Crippen molar-refractivity contribution in [2.24, 2.45) is 7.05 Å². The van der Waals surface area contributed by atoms with Gasteiger partial charge in [-0.2, -0.15) is 5.26 Å². The highest BCUT2D eigenvalue weighted by molar-refractivity contribution is 6.01. The molecule has 0 saturated heterocycles. The van der Waals surface area contributed by atoms with E-state index in [1.54, 1.807) is 23.7 Å². The predicted octanol–water partition coefficient (Wildman–Crippen LogP) is 1.24. The molecule has 1 aromatic rings. The molecule has 1 N–H and O–H groups in total. The van der Waals surface area contributed by atoms with E-state index < -0.39 is 11.9 Å². The molecule has 1 rings (SSSR count). The lowest BCUT2D eigenvalue weighted by atomic mass is 10.2. The topological polar surface area (TPSA) is 84.1 Å². The lowest BCUT2D eigenvalue weighted by Crippen LogP contribution is -2.25. The Balaban J connectivity index is 3.03. The summed E-state index contributed by atoms with van der Waals surface area (Å²) in [6.07, 6.45) is 2.23. The SMILES string of the molecule is CCCNC(=O)C(C#N)=Cc1ccc(C(=O)OC)n1C. The van der Waals surface area contributed by atoms with Gasteiger partial charge in [0.25, 0.3) is 5.91 Å². The van der Waals surface area contributed by atoms with Crippen LogP contribution >= 0.6 is 0 Å². The van der Waals surface area contributed by atoms with Gasteiger partial charge in [0, 0.05) is 19.3 Å². The maximum absolute atomic E-state index is 11.7. The molecule has 1 aromatic heterocycles. The minimum absolute atomic E-state index is 0.00364. The maximum atomic E-state index is 11.7. The van der Waals surface area contributed by atoms with Gasteiger partial charge in [0.15, 0.2) is 0 Å². The van der Waals surface area contributed by atoms with E-state index in [1.165, 1.54) is 13.2 Å². The molecule has 20 heavy (non-hydrogen) atoms. The van der Waals surface area contributed by atoms with Crippen molar-refractivity contribution < 1.29 is 14.3 Å². The number of hydrogen-bond donors (Lipinski definition) is 1. The highest BCUT2D eigenvalue weighted by Crippen LogP contribution is 2.12. The molecule has 0 radical (unpaired) electrons. The molecule has 0 fully saturated rings. The van der Waals surface area contributed by atoms with Crippen LogP contribution in [-0.2, 0) is 16.6 Å². The Morgan fingerprint density at radius 3 is 2.75 bits per heavy atom. The number of carbonyl (C=O) groups is 2. The Labute approximate surface area is 117 Å². The first-order valence-electron chi connectivity index (χ1n) is 6.19. The highest BCUT2D eigenvalue weighted by atomic mass is 16.5. The largest absolute Gasteiger partial charge is 0.464 e. The number of nitrogens with one attached hydrogen (secondary N) is 1. The third kappa shape index (κ3) is 3.48. The average molecular weight is 275 g/mol. The van der Waals surface area contributed by atoms with Gasteiger partial charge in [0.05, 0.1) is 7.11 Å². The van der Waals surface area contributed by atoms with Gasteiger partial charge in [-0.05, 0) is 24.6 Å². The van der Waals surface area contributed by atoms with Gasteiger partial charge in [0.2, 0.25) is 0 Å². The Morgan fingerprint density at radius 2 is 2.20 bits per heavy atom. The summed E-state index contributed by atoms with van der Waals surface area (Å²) < 4.78 is 6.20. The van der Waals surface area contributed by atoms with E-state index in [-0.39, 0.29) is 5.57 Å². The first-order valence-corrected chi connectivity index (χ1v) is 6.19. The zero-order valence-corrected chi connectivity index (χ0v) is 11.8. The third-order valence-corrected chi connectivity index (χ3v) is 2.75. The number of nitrogens with zero attached hydrogens (tertiary/aromatic N) is 2. The Bertz CT molecular complexity index is 579. The molecule has 6 heteroatoms. The van der Waals surface area contributed by atoms with Crippen LogP contribution in [0, 0.1) is 11.3 Å².